The Bertz CT molecular complexity index is 1120. The molecule has 1 heterocycles. The first-order valence-electron chi connectivity index (χ1n) is 10.3. The van der Waals surface area contributed by atoms with Crippen molar-refractivity contribution in [1.29, 1.82) is 0 Å². The number of halogens is 1. The largest absolute Gasteiger partial charge is 0.395 e. The number of aliphatic hydroxyl groups excluding tert-OH is 1. The van der Waals surface area contributed by atoms with Gasteiger partial charge in [-0.1, -0.05) is 11.6 Å². The molecule has 0 saturated carbocycles. The Kier molecular flexibility index (Phi) is 10.4. The number of aromatic nitrogens is 1. The van der Waals surface area contributed by atoms with E-state index in [0.29, 0.717) is 26.2 Å². The van der Waals surface area contributed by atoms with Gasteiger partial charge in [0, 0.05) is 38.1 Å². The summed E-state index contributed by atoms with van der Waals surface area (Å²) in [5.74, 6) is -1.97. The van der Waals surface area contributed by atoms with E-state index in [1.54, 1.807) is 0 Å². The SMILES string of the molecule is CCOCCCNC(=O)c1ccc(S(=O)(=O)NC(=O)c2ccc(C(=O)NCCO)nc2)c(Cl)c1. The first kappa shape index (κ1) is 27.2. The zero-order valence-corrected chi connectivity index (χ0v) is 19.9. The van der Waals surface area contributed by atoms with Crippen LogP contribution >= 0.6 is 11.6 Å². The van der Waals surface area contributed by atoms with Crippen LogP contribution in [0, 0.1) is 0 Å². The van der Waals surface area contributed by atoms with E-state index in [1.165, 1.54) is 24.3 Å². The molecule has 0 saturated heterocycles. The van der Waals surface area contributed by atoms with Gasteiger partial charge in [-0.3, -0.25) is 19.4 Å². The van der Waals surface area contributed by atoms with Crippen LogP contribution in [0.3, 0.4) is 0 Å². The van der Waals surface area contributed by atoms with Crippen molar-refractivity contribution in [3.05, 3.63) is 58.4 Å². The van der Waals surface area contributed by atoms with Crippen LogP contribution in [0.5, 0.6) is 0 Å². The number of aliphatic hydroxyl groups is 1. The summed E-state index contributed by atoms with van der Waals surface area (Å²) in [4.78, 5) is 39.8. The number of amides is 3. The zero-order chi connectivity index (χ0) is 25.1. The highest BCUT2D eigenvalue weighted by atomic mass is 35.5. The van der Waals surface area contributed by atoms with Gasteiger partial charge in [0.15, 0.2) is 0 Å². The van der Waals surface area contributed by atoms with Crippen LogP contribution < -0.4 is 15.4 Å². The number of benzene rings is 1. The average molecular weight is 513 g/mol. The second-order valence-electron chi connectivity index (χ2n) is 6.80. The van der Waals surface area contributed by atoms with Gasteiger partial charge in [-0.2, -0.15) is 0 Å². The molecule has 0 aliphatic heterocycles. The molecule has 0 bridgehead atoms. The number of hydrogen-bond acceptors (Lipinski definition) is 8. The predicted octanol–water partition coefficient (Wildman–Crippen LogP) is 0.732. The Morgan fingerprint density at radius 3 is 2.35 bits per heavy atom. The number of sulfonamides is 1. The number of hydrogen-bond donors (Lipinski definition) is 4. The van der Waals surface area contributed by atoms with Gasteiger partial charge in [-0.25, -0.2) is 13.1 Å². The topological polar surface area (TPSA) is 164 Å². The molecule has 11 nitrogen and oxygen atoms in total. The normalized spacial score (nSPS) is 11.0. The number of ether oxygens (including phenoxy) is 1. The minimum Gasteiger partial charge on any atom is -0.395 e. The number of carbonyl (C=O) groups is 3. The minimum absolute atomic E-state index is 0.0114. The summed E-state index contributed by atoms with van der Waals surface area (Å²) in [5, 5.41) is 13.6. The van der Waals surface area contributed by atoms with Crippen LogP contribution in [0.25, 0.3) is 0 Å². The number of pyridine rings is 1. The van der Waals surface area contributed by atoms with Crippen molar-refractivity contribution in [1.82, 2.24) is 20.3 Å². The molecule has 3 amide bonds. The highest BCUT2D eigenvalue weighted by molar-refractivity contribution is 7.90. The Morgan fingerprint density at radius 2 is 1.74 bits per heavy atom. The van der Waals surface area contributed by atoms with E-state index in [4.69, 9.17) is 21.4 Å². The van der Waals surface area contributed by atoms with Crippen LogP contribution in [0.4, 0.5) is 0 Å². The number of carbonyl (C=O) groups excluding carboxylic acids is 3. The predicted molar refractivity (Wildman–Crippen MR) is 123 cm³/mol. The minimum atomic E-state index is -4.36. The van der Waals surface area contributed by atoms with Crippen molar-refractivity contribution in [2.75, 3.05) is 32.9 Å². The van der Waals surface area contributed by atoms with Crippen molar-refractivity contribution < 1.29 is 32.6 Å². The standard InChI is InChI=1S/C21H25ClN4O7S/c1-2-33-11-3-8-23-19(28)14-5-7-18(16(22)12-14)34(31,32)26-20(29)15-4-6-17(25-13-15)21(30)24-9-10-27/h4-7,12-13,27H,2-3,8-11H2,1H3,(H,23,28)(H,24,30)(H,26,29). The van der Waals surface area contributed by atoms with Crippen LogP contribution in [-0.4, -0.2) is 69.1 Å². The third-order valence-electron chi connectivity index (χ3n) is 4.32. The number of rotatable bonds is 12. The van der Waals surface area contributed by atoms with Crippen molar-refractivity contribution in [2.24, 2.45) is 0 Å². The molecule has 0 radical (unpaired) electrons. The zero-order valence-electron chi connectivity index (χ0n) is 18.3. The smallest absolute Gasteiger partial charge is 0.269 e. The Labute approximate surface area is 201 Å². The molecule has 0 unspecified atom stereocenters. The van der Waals surface area contributed by atoms with Crippen molar-refractivity contribution in [3.63, 3.8) is 0 Å². The highest BCUT2D eigenvalue weighted by Gasteiger charge is 2.23. The number of nitrogens with one attached hydrogen (secondary N) is 3. The lowest BCUT2D eigenvalue weighted by Crippen LogP contribution is -2.31. The van der Waals surface area contributed by atoms with E-state index in [0.717, 1.165) is 12.3 Å². The van der Waals surface area contributed by atoms with E-state index in [-0.39, 0.29) is 39.9 Å². The lowest BCUT2D eigenvalue weighted by molar-refractivity contribution is 0.0933. The van der Waals surface area contributed by atoms with Crippen LogP contribution in [0.15, 0.2) is 41.4 Å². The molecule has 0 atom stereocenters. The van der Waals surface area contributed by atoms with Crippen LogP contribution in [0.1, 0.15) is 44.5 Å². The fourth-order valence-corrected chi connectivity index (χ4v) is 4.16. The van der Waals surface area contributed by atoms with E-state index >= 15 is 0 Å². The molecule has 34 heavy (non-hydrogen) atoms. The molecule has 184 valence electrons. The molecule has 2 aromatic rings. The first-order valence-corrected chi connectivity index (χ1v) is 12.1. The Balaban J connectivity index is 2.04. The molecule has 0 fully saturated rings. The summed E-state index contributed by atoms with van der Waals surface area (Å²) in [7, 11) is -4.36. The number of nitrogens with zero attached hydrogens (tertiary/aromatic N) is 1. The van der Waals surface area contributed by atoms with Crippen LogP contribution in [0.2, 0.25) is 5.02 Å². The lowest BCUT2D eigenvalue weighted by Gasteiger charge is -2.10. The fourth-order valence-electron chi connectivity index (χ4n) is 2.64. The summed E-state index contributed by atoms with van der Waals surface area (Å²) in [6.45, 7) is 3.13. The maximum Gasteiger partial charge on any atom is 0.269 e. The average Bonchev–Trinajstić information content (AvgIpc) is 2.81. The third kappa shape index (κ3) is 7.76. The molecule has 13 heteroatoms. The molecule has 4 N–H and O–H groups in total. The first-order chi connectivity index (χ1) is 16.2. The van der Waals surface area contributed by atoms with Gasteiger partial charge in [0.2, 0.25) is 0 Å². The van der Waals surface area contributed by atoms with Crippen molar-refractivity contribution >= 4 is 39.3 Å². The van der Waals surface area contributed by atoms with E-state index < -0.39 is 27.7 Å². The van der Waals surface area contributed by atoms with Gasteiger partial charge >= 0.3 is 0 Å². The summed E-state index contributed by atoms with van der Waals surface area (Å²) in [5.41, 5.74) is 0.0371. The van der Waals surface area contributed by atoms with Gasteiger partial charge in [-0.15, -0.1) is 0 Å². The van der Waals surface area contributed by atoms with E-state index in [9.17, 15) is 22.8 Å². The highest BCUT2D eigenvalue weighted by Crippen LogP contribution is 2.23. The Hall–Kier alpha value is -3.06. The third-order valence-corrected chi connectivity index (χ3v) is 6.14. The maximum absolute atomic E-state index is 12.6. The summed E-state index contributed by atoms with van der Waals surface area (Å²) >= 11 is 6.08. The molecule has 1 aromatic heterocycles. The molecular weight excluding hydrogens is 488 g/mol. The molecule has 0 aliphatic rings. The van der Waals surface area contributed by atoms with Gasteiger partial charge in [0.25, 0.3) is 27.7 Å². The van der Waals surface area contributed by atoms with Gasteiger partial charge in [0.1, 0.15) is 10.6 Å². The summed E-state index contributed by atoms with van der Waals surface area (Å²) < 4.78 is 32.3. The van der Waals surface area contributed by atoms with Gasteiger partial charge in [0.05, 0.1) is 17.2 Å². The quantitative estimate of drug-likeness (QED) is 0.302. The molecule has 1 aromatic carbocycles. The molecular formula is C21H25ClN4O7S. The van der Waals surface area contributed by atoms with E-state index in [2.05, 4.69) is 15.6 Å². The lowest BCUT2D eigenvalue weighted by atomic mass is 10.2. The van der Waals surface area contributed by atoms with Gasteiger partial charge in [-0.05, 0) is 43.7 Å². The van der Waals surface area contributed by atoms with Crippen molar-refractivity contribution in [2.45, 2.75) is 18.2 Å². The van der Waals surface area contributed by atoms with Gasteiger partial charge < -0.3 is 20.5 Å². The second-order valence-corrected chi connectivity index (χ2v) is 8.86. The molecule has 0 spiro atoms. The van der Waals surface area contributed by atoms with E-state index in [1.807, 2.05) is 11.6 Å². The van der Waals surface area contributed by atoms with Crippen LogP contribution in [-0.2, 0) is 14.8 Å². The summed E-state index contributed by atoms with van der Waals surface area (Å²) in [6, 6.07) is 6.07. The van der Waals surface area contributed by atoms with Crippen molar-refractivity contribution in [3.8, 4) is 0 Å². The Morgan fingerprint density at radius 1 is 1.03 bits per heavy atom. The summed E-state index contributed by atoms with van der Waals surface area (Å²) in [6.07, 6.45) is 1.66. The fraction of sp³-hybridized carbons (Fsp3) is 0.333. The molecule has 2 rings (SSSR count). The maximum atomic E-state index is 12.6. The second kappa shape index (κ2) is 13.0. The molecule has 0 aliphatic carbocycles. The monoisotopic (exact) mass is 512 g/mol.